The summed E-state index contributed by atoms with van der Waals surface area (Å²) in [5, 5.41) is 0. The number of thiol groups is 1. The maximum Gasteiger partial charge on any atom is 0.409 e. The topological polar surface area (TPSA) is 32.8 Å². The largest absolute Gasteiger partial charge is 0.448 e. The molecule has 1 aliphatic carbocycles. The predicted molar refractivity (Wildman–Crippen MR) is 148 cm³/mol. The van der Waals surface area contributed by atoms with Gasteiger partial charge in [0.05, 0.1) is 0 Å². The minimum Gasteiger partial charge on any atom is -0.448 e. The molecular weight excluding hydrogens is 464 g/mol. The molecule has 1 heterocycles. The van der Waals surface area contributed by atoms with Crippen molar-refractivity contribution in [2.75, 3.05) is 32.8 Å². The van der Waals surface area contributed by atoms with E-state index in [1.165, 1.54) is 33.4 Å². The van der Waals surface area contributed by atoms with E-state index in [2.05, 4.69) is 73.2 Å². The number of terminal acetylenes is 1. The fraction of sp³-hybridized carbons (Fsp3) is 0.323. The first kappa shape index (κ1) is 24.5. The fourth-order valence-electron chi connectivity index (χ4n) is 5.71. The van der Waals surface area contributed by atoms with Crippen LogP contribution in [0.15, 0.2) is 53.4 Å². The van der Waals surface area contributed by atoms with Gasteiger partial charge in [0.25, 0.3) is 0 Å². The number of benzene rings is 3. The molecule has 36 heavy (non-hydrogen) atoms. The van der Waals surface area contributed by atoms with Crippen molar-refractivity contribution in [2.24, 2.45) is 0 Å². The highest BCUT2D eigenvalue weighted by molar-refractivity contribution is 7.80. The average molecular weight is 497 g/mol. The Bertz CT molecular complexity index is 1320. The van der Waals surface area contributed by atoms with Crippen molar-refractivity contribution in [2.45, 2.75) is 38.1 Å². The number of amides is 1. The Balaban J connectivity index is 1.21. The first-order valence-corrected chi connectivity index (χ1v) is 13.0. The van der Waals surface area contributed by atoms with Gasteiger partial charge >= 0.3 is 6.09 Å². The van der Waals surface area contributed by atoms with Crippen LogP contribution in [0, 0.1) is 33.1 Å². The summed E-state index contributed by atoms with van der Waals surface area (Å²) >= 11 is 4.72. The van der Waals surface area contributed by atoms with E-state index in [9.17, 15) is 4.79 Å². The number of hydrogen-bond acceptors (Lipinski definition) is 4. The zero-order valence-electron chi connectivity index (χ0n) is 21.2. The lowest BCUT2D eigenvalue weighted by molar-refractivity contribution is 0.0727. The number of carbonyl (C=O) groups excluding carboxylic acids is 1. The number of piperazine rings is 1. The van der Waals surface area contributed by atoms with Gasteiger partial charge in [0.15, 0.2) is 0 Å². The van der Waals surface area contributed by atoms with Gasteiger partial charge in [-0.3, -0.25) is 4.90 Å². The van der Waals surface area contributed by atoms with Gasteiger partial charge in [-0.05, 0) is 65.3 Å². The standard InChI is InChI=1S/C31H32N2O2S/c1-5-23-20(2)28(22(4)30(36)21(23)3)18-32-14-16-33(17-15-32)31(34)35-19-29-26-12-8-6-10-24(26)25-11-7-9-13-27(25)29/h1,6-13,29,36H,14-19H2,2-4H3. The molecule has 0 unspecified atom stereocenters. The molecule has 0 spiro atoms. The van der Waals surface area contributed by atoms with Crippen LogP contribution in [0.25, 0.3) is 11.1 Å². The van der Waals surface area contributed by atoms with Crippen molar-refractivity contribution in [1.29, 1.82) is 0 Å². The van der Waals surface area contributed by atoms with Crippen LogP contribution in [0.2, 0.25) is 0 Å². The molecule has 0 bridgehead atoms. The van der Waals surface area contributed by atoms with E-state index in [1.807, 2.05) is 11.8 Å². The molecule has 2 aliphatic rings. The second-order valence-corrected chi connectivity index (χ2v) is 10.2. The first-order chi connectivity index (χ1) is 17.4. The van der Waals surface area contributed by atoms with Crippen LogP contribution in [0.1, 0.15) is 44.9 Å². The highest BCUT2D eigenvalue weighted by Gasteiger charge is 2.30. The second kappa shape index (κ2) is 10.0. The third-order valence-corrected chi connectivity index (χ3v) is 8.53. The summed E-state index contributed by atoms with van der Waals surface area (Å²) in [6.07, 6.45) is 5.56. The van der Waals surface area contributed by atoms with E-state index in [1.54, 1.807) is 0 Å². The molecule has 3 aromatic rings. The van der Waals surface area contributed by atoms with Crippen molar-refractivity contribution < 1.29 is 9.53 Å². The van der Waals surface area contributed by atoms with E-state index in [0.29, 0.717) is 19.7 Å². The molecular formula is C31H32N2O2S. The van der Waals surface area contributed by atoms with Gasteiger partial charge in [-0.15, -0.1) is 19.1 Å². The van der Waals surface area contributed by atoms with Crippen LogP contribution < -0.4 is 0 Å². The van der Waals surface area contributed by atoms with Crippen LogP contribution in [0.5, 0.6) is 0 Å². The Kier molecular flexibility index (Phi) is 6.83. The van der Waals surface area contributed by atoms with Crippen molar-refractivity contribution in [3.8, 4) is 23.5 Å². The Morgan fingerprint density at radius 2 is 1.53 bits per heavy atom. The van der Waals surface area contributed by atoms with Crippen LogP contribution in [-0.4, -0.2) is 48.7 Å². The van der Waals surface area contributed by atoms with E-state index in [-0.39, 0.29) is 12.0 Å². The van der Waals surface area contributed by atoms with Crippen LogP contribution >= 0.6 is 12.6 Å². The summed E-state index contributed by atoms with van der Waals surface area (Å²) in [4.78, 5) is 18.2. The average Bonchev–Trinajstić information content (AvgIpc) is 3.23. The molecule has 1 aliphatic heterocycles. The first-order valence-electron chi connectivity index (χ1n) is 12.5. The van der Waals surface area contributed by atoms with Gasteiger partial charge in [-0.1, -0.05) is 54.5 Å². The summed E-state index contributed by atoms with van der Waals surface area (Å²) in [6.45, 7) is 10.3. The highest BCUT2D eigenvalue weighted by Crippen LogP contribution is 2.44. The molecule has 5 rings (SSSR count). The number of fused-ring (bicyclic) bond motifs is 3. The monoisotopic (exact) mass is 496 g/mol. The maximum atomic E-state index is 13.0. The SMILES string of the molecule is C#Cc1c(C)c(S)c(C)c(CN2CCN(C(=O)OCC3c4ccccc4-c4ccccc43)CC2)c1C. The van der Waals surface area contributed by atoms with Gasteiger partial charge < -0.3 is 9.64 Å². The lowest BCUT2D eigenvalue weighted by Gasteiger charge is -2.35. The minimum absolute atomic E-state index is 0.0795. The minimum atomic E-state index is -0.230. The summed E-state index contributed by atoms with van der Waals surface area (Å²) in [6, 6.07) is 16.8. The van der Waals surface area contributed by atoms with Gasteiger partial charge in [0.1, 0.15) is 6.61 Å². The summed E-state index contributed by atoms with van der Waals surface area (Å²) in [5.41, 5.74) is 10.5. The van der Waals surface area contributed by atoms with E-state index < -0.39 is 0 Å². The quantitative estimate of drug-likeness (QED) is 0.358. The Labute approximate surface area is 219 Å². The molecule has 0 saturated carbocycles. The van der Waals surface area contributed by atoms with E-state index in [4.69, 9.17) is 23.8 Å². The van der Waals surface area contributed by atoms with Crippen LogP contribution in [0.3, 0.4) is 0 Å². The number of rotatable bonds is 4. The Hall–Kier alpha value is -3.20. The normalized spacial score (nSPS) is 15.4. The molecule has 5 heteroatoms. The predicted octanol–water partition coefficient (Wildman–Crippen LogP) is 5.95. The van der Waals surface area contributed by atoms with Gasteiger partial charge in [-0.25, -0.2) is 4.79 Å². The molecule has 0 atom stereocenters. The summed E-state index contributed by atoms with van der Waals surface area (Å²) in [7, 11) is 0. The number of carbonyl (C=O) groups is 1. The number of nitrogens with zero attached hydrogens (tertiary/aromatic N) is 2. The lowest BCUT2D eigenvalue weighted by Crippen LogP contribution is -2.48. The molecule has 1 fully saturated rings. The van der Waals surface area contributed by atoms with Crippen molar-refractivity contribution >= 4 is 18.7 Å². The summed E-state index contributed by atoms with van der Waals surface area (Å²) < 4.78 is 5.87. The molecule has 0 N–H and O–H groups in total. The zero-order chi connectivity index (χ0) is 25.4. The molecule has 184 valence electrons. The van der Waals surface area contributed by atoms with Crippen molar-refractivity contribution in [3.63, 3.8) is 0 Å². The second-order valence-electron chi connectivity index (χ2n) is 9.79. The van der Waals surface area contributed by atoms with Gasteiger partial charge in [-0.2, -0.15) is 0 Å². The molecule has 1 amide bonds. The maximum absolute atomic E-state index is 13.0. The highest BCUT2D eigenvalue weighted by atomic mass is 32.1. The van der Waals surface area contributed by atoms with E-state index in [0.717, 1.165) is 41.2 Å². The lowest BCUT2D eigenvalue weighted by atomic mass is 9.93. The van der Waals surface area contributed by atoms with Crippen molar-refractivity contribution in [1.82, 2.24) is 9.80 Å². The van der Waals surface area contributed by atoms with Crippen LogP contribution in [0.4, 0.5) is 4.79 Å². The molecule has 1 saturated heterocycles. The number of hydrogen-bond donors (Lipinski definition) is 1. The molecule has 0 radical (unpaired) electrons. The Morgan fingerprint density at radius 1 is 0.944 bits per heavy atom. The van der Waals surface area contributed by atoms with Crippen LogP contribution in [-0.2, 0) is 11.3 Å². The van der Waals surface area contributed by atoms with Crippen molar-refractivity contribution in [3.05, 3.63) is 87.5 Å². The third kappa shape index (κ3) is 4.30. The Morgan fingerprint density at radius 3 is 2.11 bits per heavy atom. The number of ether oxygens (including phenoxy) is 1. The zero-order valence-corrected chi connectivity index (χ0v) is 22.1. The van der Waals surface area contributed by atoms with E-state index >= 15 is 0 Å². The molecule has 0 aromatic heterocycles. The molecule has 4 nitrogen and oxygen atoms in total. The summed E-state index contributed by atoms with van der Waals surface area (Å²) in [5.74, 6) is 2.92. The molecule has 3 aromatic carbocycles. The van der Waals surface area contributed by atoms with Gasteiger partial charge in [0, 0.05) is 49.1 Å². The van der Waals surface area contributed by atoms with Gasteiger partial charge in [0.2, 0.25) is 0 Å². The smallest absolute Gasteiger partial charge is 0.409 e. The fourth-order valence-corrected chi connectivity index (χ4v) is 5.95. The third-order valence-electron chi connectivity index (χ3n) is 7.86.